The number of hydrogen-bond acceptors (Lipinski definition) is 5. The fourth-order valence-corrected chi connectivity index (χ4v) is 3.60. The third kappa shape index (κ3) is 3.70. The highest BCUT2D eigenvalue weighted by atomic mass is 16.6. The molecule has 0 saturated carbocycles. The first-order chi connectivity index (χ1) is 14.2. The molecule has 3 aromatic rings. The molecule has 2 amide bonds. The second kappa shape index (κ2) is 7.40. The van der Waals surface area contributed by atoms with Crippen LogP contribution in [-0.2, 0) is 9.53 Å². The SMILES string of the molecule is C=C1CCC(c2ccc(-n3nnc4ccccc43)cc2)C(=O)N1C(=O)OC(C)(C)C. The van der Waals surface area contributed by atoms with Crippen LogP contribution in [0.3, 0.4) is 0 Å². The Labute approximate surface area is 174 Å². The fourth-order valence-electron chi connectivity index (χ4n) is 3.60. The minimum absolute atomic E-state index is 0.306. The molecule has 0 spiro atoms. The predicted molar refractivity (Wildman–Crippen MR) is 113 cm³/mol. The maximum Gasteiger partial charge on any atom is 0.421 e. The molecule has 1 atom stereocenters. The quantitative estimate of drug-likeness (QED) is 0.625. The van der Waals surface area contributed by atoms with E-state index in [1.165, 1.54) is 0 Å². The third-order valence-electron chi connectivity index (χ3n) is 5.02. The largest absolute Gasteiger partial charge is 0.443 e. The summed E-state index contributed by atoms with van der Waals surface area (Å²) < 4.78 is 7.16. The Bertz CT molecular complexity index is 1130. The number of likely N-dealkylation sites (tertiary alicyclic amines) is 1. The van der Waals surface area contributed by atoms with E-state index in [4.69, 9.17) is 4.74 Å². The normalized spacial score (nSPS) is 17.4. The monoisotopic (exact) mass is 404 g/mol. The molecule has 0 aliphatic carbocycles. The lowest BCUT2D eigenvalue weighted by Gasteiger charge is -2.34. The molecule has 1 aliphatic rings. The summed E-state index contributed by atoms with van der Waals surface area (Å²) in [6, 6.07) is 15.3. The van der Waals surface area contributed by atoms with E-state index in [9.17, 15) is 9.59 Å². The molecule has 1 unspecified atom stereocenters. The van der Waals surface area contributed by atoms with Crippen molar-refractivity contribution in [3.05, 3.63) is 66.4 Å². The van der Waals surface area contributed by atoms with Gasteiger partial charge in [0.1, 0.15) is 11.1 Å². The van der Waals surface area contributed by atoms with Crippen LogP contribution in [0.4, 0.5) is 4.79 Å². The zero-order chi connectivity index (χ0) is 21.5. The predicted octanol–water partition coefficient (Wildman–Crippen LogP) is 4.58. The maximum absolute atomic E-state index is 13.1. The summed E-state index contributed by atoms with van der Waals surface area (Å²) in [5.74, 6) is -0.732. The lowest BCUT2D eigenvalue weighted by Crippen LogP contribution is -2.44. The molecule has 154 valence electrons. The molecule has 1 aromatic heterocycles. The lowest BCUT2D eigenvalue weighted by atomic mass is 9.88. The van der Waals surface area contributed by atoms with Gasteiger partial charge in [-0.1, -0.05) is 36.1 Å². The molecule has 7 heteroatoms. The number of fused-ring (bicyclic) bond motifs is 1. The van der Waals surface area contributed by atoms with Crippen LogP contribution in [0.5, 0.6) is 0 Å². The molecular weight excluding hydrogens is 380 g/mol. The van der Waals surface area contributed by atoms with Crippen LogP contribution in [0.15, 0.2) is 60.8 Å². The molecule has 1 aliphatic heterocycles. The van der Waals surface area contributed by atoms with Crippen molar-refractivity contribution >= 4 is 23.0 Å². The van der Waals surface area contributed by atoms with E-state index >= 15 is 0 Å². The Balaban J connectivity index is 1.58. The van der Waals surface area contributed by atoms with Gasteiger partial charge < -0.3 is 4.74 Å². The molecule has 1 saturated heterocycles. The Morgan fingerprint density at radius 1 is 1.13 bits per heavy atom. The van der Waals surface area contributed by atoms with Crippen LogP contribution in [0.25, 0.3) is 16.7 Å². The molecule has 0 N–H and O–H groups in total. The van der Waals surface area contributed by atoms with Crippen LogP contribution in [0.2, 0.25) is 0 Å². The first-order valence-corrected chi connectivity index (χ1v) is 9.90. The van der Waals surface area contributed by atoms with Gasteiger partial charge >= 0.3 is 6.09 Å². The second-order valence-corrected chi connectivity index (χ2v) is 8.39. The molecule has 0 radical (unpaired) electrons. The van der Waals surface area contributed by atoms with Crippen LogP contribution >= 0.6 is 0 Å². The average molecular weight is 404 g/mol. The molecule has 0 bridgehead atoms. The summed E-state index contributed by atoms with van der Waals surface area (Å²) in [5.41, 5.74) is 3.20. The average Bonchev–Trinajstić information content (AvgIpc) is 3.11. The van der Waals surface area contributed by atoms with Crippen LogP contribution in [0, 0.1) is 0 Å². The van der Waals surface area contributed by atoms with Gasteiger partial charge in [0.05, 0.1) is 17.1 Å². The van der Waals surface area contributed by atoms with Gasteiger partial charge in [-0.3, -0.25) is 4.79 Å². The highest BCUT2D eigenvalue weighted by Gasteiger charge is 2.38. The van der Waals surface area contributed by atoms with E-state index in [0.717, 1.165) is 27.2 Å². The van der Waals surface area contributed by atoms with Gasteiger partial charge in [0, 0.05) is 5.70 Å². The number of piperidine rings is 1. The Kier molecular flexibility index (Phi) is 4.89. The Morgan fingerprint density at radius 3 is 2.53 bits per heavy atom. The van der Waals surface area contributed by atoms with Crippen LogP contribution in [-0.4, -0.2) is 37.5 Å². The topological polar surface area (TPSA) is 77.3 Å². The summed E-state index contributed by atoms with van der Waals surface area (Å²) >= 11 is 0. The highest BCUT2D eigenvalue weighted by molar-refractivity contribution is 5.98. The van der Waals surface area contributed by atoms with Gasteiger partial charge in [-0.05, 0) is 63.4 Å². The first-order valence-electron chi connectivity index (χ1n) is 9.90. The molecular formula is C23H24N4O3. The standard InChI is InChI=1S/C23H24N4O3/c1-15-9-14-18(21(28)26(15)22(29)30-23(2,3)4)16-10-12-17(13-11-16)27-20-8-6-5-7-19(20)24-25-27/h5-8,10-13,18H,1,9,14H2,2-4H3. The van der Waals surface area contributed by atoms with Gasteiger partial charge in [0.15, 0.2) is 0 Å². The number of rotatable bonds is 2. The molecule has 2 heterocycles. The minimum Gasteiger partial charge on any atom is -0.443 e. The molecule has 2 aromatic carbocycles. The number of nitrogens with zero attached hydrogens (tertiary/aromatic N) is 4. The lowest BCUT2D eigenvalue weighted by molar-refractivity contribution is -0.131. The number of carbonyl (C=O) groups excluding carboxylic acids is 2. The number of allylic oxidation sites excluding steroid dienone is 1. The zero-order valence-corrected chi connectivity index (χ0v) is 17.3. The van der Waals surface area contributed by atoms with Crippen LogP contribution < -0.4 is 0 Å². The van der Waals surface area contributed by atoms with E-state index in [-0.39, 0.29) is 5.91 Å². The Morgan fingerprint density at radius 2 is 1.83 bits per heavy atom. The number of para-hydroxylation sites is 1. The molecule has 7 nitrogen and oxygen atoms in total. The zero-order valence-electron chi connectivity index (χ0n) is 17.3. The van der Waals surface area contributed by atoms with Crippen LogP contribution in [0.1, 0.15) is 45.1 Å². The molecule has 1 fully saturated rings. The number of benzene rings is 2. The van der Waals surface area contributed by atoms with E-state index in [0.29, 0.717) is 18.5 Å². The first kappa shape index (κ1) is 19.8. The van der Waals surface area contributed by atoms with Gasteiger partial charge in [-0.15, -0.1) is 5.10 Å². The molecule has 4 rings (SSSR count). The number of amides is 2. The van der Waals surface area contributed by atoms with Gasteiger partial charge in [-0.25, -0.2) is 14.4 Å². The van der Waals surface area contributed by atoms with Crippen molar-refractivity contribution in [3.8, 4) is 5.69 Å². The number of hydrogen-bond donors (Lipinski definition) is 0. The number of carbonyl (C=O) groups is 2. The summed E-state index contributed by atoms with van der Waals surface area (Å²) in [6.45, 7) is 9.20. The van der Waals surface area contributed by atoms with Crippen molar-refractivity contribution < 1.29 is 14.3 Å². The van der Waals surface area contributed by atoms with E-state index in [2.05, 4.69) is 16.9 Å². The highest BCUT2D eigenvalue weighted by Crippen LogP contribution is 2.34. The van der Waals surface area contributed by atoms with Crippen molar-refractivity contribution in [1.82, 2.24) is 19.9 Å². The van der Waals surface area contributed by atoms with E-state index in [1.807, 2.05) is 48.5 Å². The molecule has 30 heavy (non-hydrogen) atoms. The summed E-state index contributed by atoms with van der Waals surface area (Å²) in [4.78, 5) is 26.7. The third-order valence-corrected chi connectivity index (χ3v) is 5.02. The van der Waals surface area contributed by atoms with Crippen molar-refractivity contribution in [2.45, 2.75) is 45.1 Å². The Hall–Kier alpha value is -3.48. The van der Waals surface area contributed by atoms with Gasteiger partial charge in [0.25, 0.3) is 0 Å². The smallest absolute Gasteiger partial charge is 0.421 e. The maximum atomic E-state index is 13.1. The van der Waals surface area contributed by atoms with E-state index < -0.39 is 17.6 Å². The summed E-state index contributed by atoms with van der Waals surface area (Å²) in [7, 11) is 0. The number of ether oxygens (including phenoxy) is 1. The van der Waals surface area contributed by atoms with Crippen molar-refractivity contribution in [3.63, 3.8) is 0 Å². The van der Waals surface area contributed by atoms with Crippen molar-refractivity contribution in [2.75, 3.05) is 0 Å². The minimum atomic E-state index is -0.688. The summed E-state index contributed by atoms with van der Waals surface area (Å²) in [5, 5.41) is 8.40. The fraction of sp³-hybridized carbons (Fsp3) is 0.304. The van der Waals surface area contributed by atoms with Crippen molar-refractivity contribution in [1.29, 1.82) is 0 Å². The number of imide groups is 1. The van der Waals surface area contributed by atoms with Gasteiger partial charge in [-0.2, -0.15) is 0 Å². The van der Waals surface area contributed by atoms with Gasteiger partial charge in [0.2, 0.25) is 5.91 Å². The number of aromatic nitrogens is 3. The second-order valence-electron chi connectivity index (χ2n) is 8.39. The van der Waals surface area contributed by atoms with E-state index in [1.54, 1.807) is 25.5 Å². The van der Waals surface area contributed by atoms with Crippen molar-refractivity contribution in [2.24, 2.45) is 0 Å². The summed E-state index contributed by atoms with van der Waals surface area (Å²) in [6.07, 6.45) is 0.473.